The van der Waals surface area contributed by atoms with Crippen LogP contribution in [-0.4, -0.2) is 0 Å². The maximum absolute atomic E-state index is 6.25. The van der Waals surface area contributed by atoms with Crippen LogP contribution in [0.3, 0.4) is 0 Å². The summed E-state index contributed by atoms with van der Waals surface area (Å²) in [4.78, 5) is 0. The largest absolute Gasteiger partial charge is 1.00 e. The van der Waals surface area contributed by atoms with Gasteiger partial charge in [0.2, 0.25) is 0 Å². The summed E-state index contributed by atoms with van der Waals surface area (Å²) in [6.07, 6.45) is 0. The van der Waals surface area contributed by atoms with Gasteiger partial charge < -0.3 is 11.8 Å². The molecule has 0 unspecified atom stereocenters. The Morgan fingerprint density at radius 1 is 0.667 bits per heavy atom. The van der Waals surface area contributed by atoms with Gasteiger partial charge >= 0.3 is 19.5 Å². The Hall–Kier alpha value is -0.667. The first-order chi connectivity index (χ1) is 4.00. The molecule has 48 valence electrons. The van der Waals surface area contributed by atoms with Gasteiger partial charge in [0.15, 0.2) is 0 Å². The van der Waals surface area contributed by atoms with E-state index in [1.165, 1.54) is 0 Å². The molecule has 9 heavy (non-hydrogen) atoms. The summed E-state index contributed by atoms with van der Waals surface area (Å²) in [6.45, 7) is 4.75. The van der Waals surface area contributed by atoms with Crippen LogP contribution in [0, 0.1) is 11.8 Å². The summed E-state index contributed by atoms with van der Waals surface area (Å²) in [5.74, 6) is 0. The topological polar surface area (TPSA) is 23.8 Å². The summed E-state index contributed by atoms with van der Waals surface area (Å²) >= 11 is 0. The van der Waals surface area contributed by atoms with E-state index in [1.54, 1.807) is 0 Å². The van der Waals surface area contributed by atoms with Crippen molar-refractivity contribution in [3.63, 3.8) is 0 Å². The predicted octanol–water partition coefficient (Wildman–Crippen LogP) is 1.78. The molecule has 0 spiro atoms. The van der Waals surface area contributed by atoms with Gasteiger partial charge in [-0.1, -0.05) is 36.4 Å². The maximum atomic E-state index is 6.25. The first-order valence-corrected chi connectivity index (χ1v) is 2.22. The molecule has 0 atom stereocenters. The standard InChI is InChI=1S/C6H6.CN.Rh/c1-2-4-6-5-3-1;1-2;/h1-6H;;/q;-1;+1. The third-order valence-electron chi connectivity index (χ3n) is 0.667. The Labute approximate surface area is 68.1 Å². The van der Waals surface area contributed by atoms with Gasteiger partial charge in [-0.25, -0.2) is 0 Å². The number of benzene rings is 1. The van der Waals surface area contributed by atoms with E-state index in [0.717, 1.165) is 0 Å². The fraction of sp³-hybridized carbons (Fsp3) is 0. The van der Waals surface area contributed by atoms with Crippen molar-refractivity contribution in [2.45, 2.75) is 0 Å². The number of nitrogens with zero attached hydrogens (tertiary/aromatic N) is 1. The molecule has 0 aromatic heterocycles. The average molecular weight is 207 g/mol. The molecule has 2 heteroatoms. The SMILES string of the molecule is [C-]#N.[Rh+].c1ccccc1. The third-order valence-corrected chi connectivity index (χ3v) is 0.667. The molecule has 1 rings (SSSR count). The van der Waals surface area contributed by atoms with Crippen LogP contribution >= 0.6 is 0 Å². The van der Waals surface area contributed by atoms with Gasteiger partial charge in [0.05, 0.1) is 0 Å². The molecule has 0 heterocycles. The van der Waals surface area contributed by atoms with Crippen molar-refractivity contribution >= 4 is 0 Å². The van der Waals surface area contributed by atoms with Crippen molar-refractivity contribution in [3.05, 3.63) is 43.0 Å². The van der Waals surface area contributed by atoms with Gasteiger partial charge in [-0.2, -0.15) is 0 Å². The van der Waals surface area contributed by atoms with Crippen LogP contribution in [0.4, 0.5) is 0 Å². The number of hydrogen-bond acceptors (Lipinski definition) is 1. The summed E-state index contributed by atoms with van der Waals surface area (Å²) in [6, 6.07) is 12.0. The number of rotatable bonds is 0. The molecule has 1 aromatic rings. The Bertz CT molecular complexity index is 109. The van der Waals surface area contributed by atoms with Crippen LogP contribution in [0.2, 0.25) is 0 Å². The van der Waals surface area contributed by atoms with Gasteiger partial charge in [0.25, 0.3) is 0 Å². The number of hydrogen-bond donors (Lipinski definition) is 0. The fourth-order valence-corrected chi connectivity index (χ4v) is 0.385. The first-order valence-electron chi connectivity index (χ1n) is 2.22. The Balaban J connectivity index is 0. The van der Waals surface area contributed by atoms with Crippen molar-refractivity contribution < 1.29 is 19.5 Å². The van der Waals surface area contributed by atoms with E-state index in [2.05, 4.69) is 0 Å². The zero-order valence-electron chi connectivity index (χ0n) is 4.74. The van der Waals surface area contributed by atoms with Crippen LogP contribution in [-0.2, 0) is 19.5 Å². The van der Waals surface area contributed by atoms with E-state index in [0.29, 0.717) is 0 Å². The molecule has 0 aliphatic carbocycles. The second-order valence-corrected chi connectivity index (χ2v) is 1.15. The van der Waals surface area contributed by atoms with Crippen LogP contribution in [0.5, 0.6) is 0 Å². The minimum Gasteiger partial charge on any atom is -0.512 e. The van der Waals surface area contributed by atoms with E-state index in [9.17, 15) is 0 Å². The Morgan fingerprint density at radius 2 is 0.778 bits per heavy atom. The van der Waals surface area contributed by atoms with Gasteiger partial charge in [0.1, 0.15) is 0 Å². The molecular weight excluding hydrogens is 201 g/mol. The molecule has 0 N–H and O–H groups in total. The molecule has 0 fully saturated rings. The predicted molar refractivity (Wildman–Crippen MR) is 31.4 cm³/mol. The smallest absolute Gasteiger partial charge is 0.512 e. The summed E-state index contributed by atoms with van der Waals surface area (Å²) in [5, 5.41) is 6.25. The van der Waals surface area contributed by atoms with Crippen molar-refractivity contribution in [1.82, 2.24) is 0 Å². The molecule has 1 aromatic carbocycles. The molecule has 0 bridgehead atoms. The van der Waals surface area contributed by atoms with Crippen LogP contribution in [0.25, 0.3) is 0 Å². The van der Waals surface area contributed by atoms with Crippen molar-refractivity contribution in [2.75, 3.05) is 0 Å². The molecule has 0 saturated carbocycles. The minimum absolute atomic E-state index is 0. The van der Waals surface area contributed by atoms with Crippen molar-refractivity contribution in [3.8, 4) is 0 Å². The van der Waals surface area contributed by atoms with Crippen molar-refractivity contribution in [2.24, 2.45) is 0 Å². The van der Waals surface area contributed by atoms with Gasteiger partial charge in [-0.05, 0) is 0 Å². The summed E-state index contributed by atoms with van der Waals surface area (Å²) in [7, 11) is 0. The second kappa shape index (κ2) is 10.3. The van der Waals surface area contributed by atoms with Crippen molar-refractivity contribution in [1.29, 1.82) is 5.26 Å². The third kappa shape index (κ3) is 7.33. The zero-order chi connectivity index (χ0) is 6.24. The summed E-state index contributed by atoms with van der Waals surface area (Å²) < 4.78 is 0. The van der Waals surface area contributed by atoms with E-state index >= 15 is 0 Å². The van der Waals surface area contributed by atoms with Crippen LogP contribution < -0.4 is 0 Å². The maximum Gasteiger partial charge on any atom is 1.00 e. The molecule has 0 aliphatic rings. The van der Waals surface area contributed by atoms with Gasteiger partial charge in [0, 0.05) is 0 Å². The molecule has 0 amide bonds. The van der Waals surface area contributed by atoms with E-state index in [4.69, 9.17) is 11.8 Å². The molecule has 1 nitrogen and oxygen atoms in total. The molecule has 0 aliphatic heterocycles. The zero-order valence-corrected chi connectivity index (χ0v) is 6.38. The van der Waals surface area contributed by atoms with Crippen LogP contribution in [0.1, 0.15) is 0 Å². The van der Waals surface area contributed by atoms with E-state index < -0.39 is 0 Å². The molecular formula is C7H6NRh. The van der Waals surface area contributed by atoms with E-state index in [1.807, 2.05) is 36.4 Å². The van der Waals surface area contributed by atoms with Gasteiger partial charge in [-0.3, -0.25) is 0 Å². The average Bonchev–Trinajstić information content (AvgIpc) is 1.96. The fourth-order valence-electron chi connectivity index (χ4n) is 0.385. The molecule has 0 radical (unpaired) electrons. The first kappa shape index (κ1) is 11.2. The normalized spacial score (nSPS) is 5.56. The van der Waals surface area contributed by atoms with E-state index in [-0.39, 0.29) is 19.5 Å². The Morgan fingerprint density at radius 3 is 0.889 bits per heavy atom. The summed E-state index contributed by atoms with van der Waals surface area (Å²) in [5.41, 5.74) is 0. The quantitative estimate of drug-likeness (QED) is 0.469. The second-order valence-electron chi connectivity index (χ2n) is 1.15. The monoisotopic (exact) mass is 207 g/mol. The minimum atomic E-state index is 0. The van der Waals surface area contributed by atoms with Gasteiger partial charge in [-0.15, -0.1) is 0 Å². The molecule has 0 saturated heterocycles. The van der Waals surface area contributed by atoms with Crippen LogP contribution in [0.15, 0.2) is 36.4 Å². The Kier molecular flexibility index (Phi) is 12.8.